The summed E-state index contributed by atoms with van der Waals surface area (Å²) in [5, 5.41) is 0. The van der Waals surface area contributed by atoms with Gasteiger partial charge in [-0.1, -0.05) is 49.4 Å². The van der Waals surface area contributed by atoms with Gasteiger partial charge in [0.05, 0.1) is 42.2 Å². The van der Waals surface area contributed by atoms with Gasteiger partial charge in [-0.2, -0.15) is 0 Å². The van der Waals surface area contributed by atoms with Crippen LogP contribution in [-0.2, 0) is 66.7 Å². The van der Waals surface area contributed by atoms with Gasteiger partial charge in [0.1, 0.15) is 13.2 Å². The van der Waals surface area contributed by atoms with Crippen molar-refractivity contribution in [3.05, 3.63) is 0 Å². The average Bonchev–Trinajstić information content (AvgIpc) is 3.13. The molecular weight excluding hydrogens is 668 g/mol. The number of unbranched alkanes of at least 4 members (excludes halogenated alkanes) is 1. The van der Waals surface area contributed by atoms with Gasteiger partial charge in [0.25, 0.3) is 0 Å². The Hall–Kier alpha value is -5.90. The van der Waals surface area contributed by atoms with E-state index >= 15 is 0 Å². The molecule has 0 saturated heterocycles. The van der Waals surface area contributed by atoms with Crippen LogP contribution in [0.3, 0.4) is 0 Å². The molecule has 0 amide bonds. The van der Waals surface area contributed by atoms with Gasteiger partial charge in [0.15, 0.2) is 0 Å². The summed E-state index contributed by atoms with van der Waals surface area (Å²) in [7, 11) is 8.01. The molecular formula is C37H50O14. The molecule has 0 aromatic carbocycles. The molecule has 0 aromatic heterocycles. The molecule has 0 aromatic rings. The molecule has 0 fully saturated rings. The van der Waals surface area contributed by atoms with E-state index in [1.165, 1.54) is 42.7 Å². The second-order valence-corrected chi connectivity index (χ2v) is 7.31. The molecule has 0 spiro atoms. The lowest BCUT2D eigenvalue weighted by Gasteiger charge is -1.89. The van der Waals surface area contributed by atoms with Crippen molar-refractivity contribution in [2.75, 3.05) is 69.1 Å². The molecule has 0 heterocycles. The summed E-state index contributed by atoms with van der Waals surface area (Å²) in [6.07, 6.45) is 2.42. The number of carbonyl (C=O) groups is 6. The van der Waals surface area contributed by atoms with Gasteiger partial charge in [-0.05, 0) is 34.1 Å². The minimum atomic E-state index is -0.535. The Kier molecular flexibility index (Phi) is 60.3. The SMILES string of the molecule is CC#CC(=O)OC.CC#CC(=O)OCC.CCC#CC(=O)OC.CCCC#CC(=O)OC.CCOCC#CC(=O)OC.COCC#CC(=O)OC. The van der Waals surface area contributed by atoms with Crippen LogP contribution in [0.25, 0.3) is 0 Å². The van der Waals surface area contributed by atoms with Gasteiger partial charge in [-0.3, -0.25) is 0 Å². The second-order valence-electron chi connectivity index (χ2n) is 7.31. The monoisotopic (exact) mass is 718 g/mol. The van der Waals surface area contributed by atoms with Crippen molar-refractivity contribution < 1.29 is 66.7 Å². The Labute approximate surface area is 303 Å². The van der Waals surface area contributed by atoms with Crippen molar-refractivity contribution in [2.45, 2.75) is 60.8 Å². The number of methoxy groups -OCH3 is 6. The number of carbonyl (C=O) groups excluding carboxylic acids is 6. The maximum atomic E-state index is 10.3. The fraction of sp³-hybridized carbons (Fsp3) is 0.514. The van der Waals surface area contributed by atoms with Crippen LogP contribution >= 0.6 is 0 Å². The first kappa shape index (κ1) is 57.4. The molecule has 14 nitrogen and oxygen atoms in total. The van der Waals surface area contributed by atoms with Gasteiger partial charge >= 0.3 is 35.8 Å². The predicted molar refractivity (Wildman–Crippen MR) is 188 cm³/mol. The van der Waals surface area contributed by atoms with E-state index in [1.807, 2.05) is 20.8 Å². The lowest BCUT2D eigenvalue weighted by molar-refractivity contribution is -0.136. The van der Waals surface area contributed by atoms with Gasteiger partial charge in [-0.25, -0.2) is 28.8 Å². The van der Waals surface area contributed by atoms with Crippen LogP contribution in [0.4, 0.5) is 0 Å². The fourth-order valence-corrected chi connectivity index (χ4v) is 1.49. The zero-order valence-corrected chi connectivity index (χ0v) is 31.7. The highest BCUT2D eigenvalue weighted by Gasteiger charge is 1.90. The van der Waals surface area contributed by atoms with Crippen molar-refractivity contribution in [1.29, 1.82) is 0 Å². The standard InChI is InChI=1S/C7H10O3.C7H10O2.C6H8O3.2C6H8O2.C5H6O2/c1-3-10-6-4-5-7(8)9-2;1-3-4-5-6-7(8)9-2;1-8-5-3-4-6(7)9-2;1-3-4-5-6(7)8-2;1-3-5-6(7)8-4-2;1-3-4-5(6)7-2/h3,6H2,1-2H3;3-4H2,1-2H3;5H2,1-2H3;3H2,1-2H3;4H2,1-2H3;1-2H3. The first-order valence-electron chi connectivity index (χ1n) is 14.8. The van der Waals surface area contributed by atoms with Crippen molar-refractivity contribution in [3.63, 3.8) is 0 Å². The Morgan fingerprint density at radius 2 is 0.824 bits per heavy atom. The lowest BCUT2D eigenvalue weighted by atomic mass is 10.3. The summed E-state index contributed by atoms with van der Waals surface area (Å²) >= 11 is 0. The van der Waals surface area contributed by atoms with Crippen LogP contribution in [-0.4, -0.2) is 105 Å². The van der Waals surface area contributed by atoms with Crippen LogP contribution in [0.1, 0.15) is 60.8 Å². The summed E-state index contributed by atoms with van der Waals surface area (Å²) in [4.78, 5) is 61.3. The molecule has 0 bridgehead atoms. The molecule has 0 atom stereocenters. The van der Waals surface area contributed by atoms with E-state index in [1.54, 1.807) is 20.8 Å². The molecule has 0 aliphatic rings. The quantitative estimate of drug-likeness (QED) is 0.133. The van der Waals surface area contributed by atoms with Crippen LogP contribution in [0.2, 0.25) is 0 Å². The van der Waals surface area contributed by atoms with Crippen LogP contribution in [0, 0.1) is 71.0 Å². The smallest absolute Gasteiger partial charge is 0.384 e. The minimum Gasteiger partial charge on any atom is -0.459 e. The van der Waals surface area contributed by atoms with Crippen molar-refractivity contribution in [2.24, 2.45) is 0 Å². The third kappa shape index (κ3) is 71.3. The van der Waals surface area contributed by atoms with E-state index in [9.17, 15) is 28.8 Å². The molecule has 0 aliphatic heterocycles. The Balaban J connectivity index is -0.000000120. The van der Waals surface area contributed by atoms with E-state index in [4.69, 9.17) is 4.74 Å². The predicted octanol–water partition coefficient (Wildman–Crippen LogP) is 2.30. The molecule has 0 aliphatic carbocycles. The van der Waals surface area contributed by atoms with Crippen molar-refractivity contribution in [1.82, 2.24) is 0 Å². The third-order valence-electron chi connectivity index (χ3n) is 3.56. The molecule has 0 N–H and O–H groups in total. The fourth-order valence-electron chi connectivity index (χ4n) is 1.49. The van der Waals surface area contributed by atoms with Gasteiger partial charge in [0, 0.05) is 62.1 Å². The highest BCUT2D eigenvalue weighted by Crippen LogP contribution is 1.81. The van der Waals surface area contributed by atoms with Crippen LogP contribution in [0.5, 0.6) is 0 Å². The number of hydrogen-bond donors (Lipinski definition) is 0. The zero-order chi connectivity index (χ0) is 40.6. The maximum absolute atomic E-state index is 10.3. The summed E-state index contributed by atoms with van der Waals surface area (Å²) in [6.45, 7) is 12.2. The lowest BCUT2D eigenvalue weighted by Crippen LogP contribution is -1.98. The topological polar surface area (TPSA) is 176 Å². The largest absolute Gasteiger partial charge is 0.459 e. The normalized spacial score (nSPS) is 7.06. The molecule has 0 unspecified atom stereocenters. The van der Waals surface area contributed by atoms with Gasteiger partial charge < -0.3 is 37.9 Å². The summed E-state index contributed by atoms with van der Waals surface area (Å²) in [6, 6.07) is 0. The number of esters is 6. The summed E-state index contributed by atoms with van der Waals surface area (Å²) in [5.74, 6) is 25.5. The van der Waals surface area contributed by atoms with E-state index in [0.29, 0.717) is 19.6 Å². The highest BCUT2D eigenvalue weighted by atomic mass is 16.5. The second kappa shape index (κ2) is 53.6. The van der Waals surface area contributed by atoms with Crippen molar-refractivity contribution >= 4 is 35.8 Å². The van der Waals surface area contributed by atoms with Gasteiger partial charge in [0.2, 0.25) is 0 Å². The molecule has 282 valence electrons. The van der Waals surface area contributed by atoms with Crippen LogP contribution < -0.4 is 0 Å². The Morgan fingerprint density at radius 3 is 1.14 bits per heavy atom. The third-order valence-corrected chi connectivity index (χ3v) is 3.56. The highest BCUT2D eigenvalue weighted by molar-refractivity contribution is 5.89. The van der Waals surface area contributed by atoms with Crippen LogP contribution in [0.15, 0.2) is 0 Å². The maximum Gasteiger partial charge on any atom is 0.384 e. The van der Waals surface area contributed by atoms with Crippen molar-refractivity contribution in [3.8, 4) is 71.0 Å². The zero-order valence-electron chi connectivity index (χ0n) is 31.7. The molecule has 14 heteroatoms. The minimum absolute atomic E-state index is 0.259. The average molecular weight is 719 g/mol. The summed E-state index contributed by atoms with van der Waals surface area (Å²) < 4.78 is 35.1. The molecule has 0 radical (unpaired) electrons. The molecule has 0 saturated carbocycles. The number of hydrogen-bond acceptors (Lipinski definition) is 14. The van der Waals surface area contributed by atoms with E-state index in [0.717, 1.165) is 12.8 Å². The Bertz CT molecular complexity index is 1310. The van der Waals surface area contributed by atoms with E-state index < -0.39 is 35.8 Å². The van der Waals surface area contributed by atoms with Gasteiger partial charge in [-0.15, -0.1) is 0 Å². The molecule has 0 rings (SSSR count). The van der Waals surface area contributed by atoms with E-state index in [-0.39, 0.29) is 13.2 Å². The first-order valence-corrected chi connectivity index (χ1v) is 14.8. The Morgan fingerprint density at radius 1 is 0.451 bits per heavy atom. The number of ether oxygens (including phenoxy) is 8. The summed E-state index contributed by atoms with van der Waals surface area (Å²) in [5.41, 5.74) is 0. The number of rotatable bonds is 5. The van der Waals surface area contributed by atoms with E-state index in [2.05, 4.69) is 104 Å². The molecule has 51 heavy (non-hydrogen) atoms. The first-order chi connectivity index (χ1) is 24.3.